The highest BCUT2D eigenvalue weighted by atomic mass is 32.1. The third-order valence-corrected chi connectivity index (χ3v) is 5.10. The minimum atomic E-state index is -0.337. The van der Waals surface area contributed by atoms with E-state index in [1.54, 1.807) is 0 Å². The minimum absolute atomic E-state index is 0.337. The lowest BCUT2D eigenvalue weighted by atomic mass is 9.86. The molecule has 1 aliphatic rings. The summed E-state index contributed by atoms with van der Waals surface area (Å²) in [5, 5.41) is 7.87. The zero-order valence-electron chi connectivity index (χ0n) is 12.7. The molecule has 1 fully saturated rings. The summed E-state index contributed by atoms with van der Waals surface area (Å²) in [7, 11) is 1.39. The summed E-state index contributed by atoms with van der Waals surface area (Å²) in [6.07, 6.45) is 4.94. The van der Waals surface area contributed by atoms with Gasteiger partial charge in [0.15, 0.2) is 5.11 Å². The van der Waals surface area contributed by atoms with Gasteiger partial charge in [-0.15, -0.1) is 11.3 Å². The van der Waals surface area contributed by atoms with E-state index in [9.17, 15) is 4.79 Å². The summed E-state index contributed by atoms with van der Waals surface area (Å²) in [6.45, 7) is 4.22. The normalized spacial score (nSPS) is 21.7. The SMILES string of the molecule is COC(=O)c1cc(C)sc1NC(=S)NC1CCCCC1C. The molecule has 1 aromatic rings. The van der Waals surface area contributed by atoms with E-state index in [2.05, 4.69) is 17.6 Å². The van der Waals surface area contributed by atoms with Crippen molar-refractivity contribution >= 4 is 39.6 Å². The van der Waals surface area contributed by atoms with E-state index in [1.807, 2.05) is 13.0 Å². The van der Waals surface area contributed by atoms with Crippen molar-refractivity contribution in [3.05, 3.63) is 16.5 Å². The Balaban J connectivity index is 2.01. The van der Waals surface area contributed by atoms with Gasteiger partial charge in [0, 0.05) is 10.9 Å². The van der Waals surface area contributed by atoms with Crippen LogP contribution in [0.4, 0.5) is 5.00 Å². The fourth-order valence-corrected chi connectivity index (χ4v) is 3.93. The summed E-state index contributed by atoms with van der Waals surface area (Å²) in [5.41, 5.74) is 0.542. The van der Waals surface area contributed by atoms with Gasteiger partial charge < -0.3 is 15.4 Å². The number of hydrogen-bond donors (Lipinski definition) is 2. The molecule has 0 saturated heterocycles. The summed E-state index contributed by atoms with van der Waals surface area (Å²) in [6, 6.07) is 2.24. The minimum Gasteiger partial charge on any atom is -0.465 e. The molecule has 1 aromatic heterocycles. The van der Waals surface area contributed by atoms with E-state index in [-0.39, 0.29) is 5.97 Å². The van der Waals surface area contributed by atoms with Crippen LogP contribution in [0.15, 0.2) is 6.07 Å². The van der Waals surface area contributed by atoms with Crippen molar-refractivity contribution in [3.8, 4) is 0 Å². The Hall–Kier alpha value is -1.14. The van der Waals surface area contributed by atoms with E-state index in [0.717, 1.165) is 16.3 Å². The van der Waals surface area contributed by atoms with Crippen LogP contribution in [-0.2, 0) is 4.74 Å². The number of aryl methyl sites for hydroxylation is 1. The van der Waals surface area contributed by atoms with Gasteiger partial charge in [-0.3, -0.25) is 0 Å². The highest BCUT2D eigenvalue weighted by Crippen LogP contribution is 2.28. The number of nitrogens with one attached hydrogen (secondary N) is 2. The zero-order chi connectivity index (χ0) is 15.4. The second kappa shape index (κ2) is 7.22. The molecule has 2 unspecified atom stereocenters. The lowest BCUT2D eigenvalue weighted by Crippen LogP contribution is -2.43. The summed E-state index contributed by atoms with van der Waals surface area (Å²) in [5.74, 6) is 0.291. The Bertz CT molecular complexity index is 528. The molecule has 2 rings (SSSR count). The molecule has 0 aliphatic heterocycles. The van der Waals surface area contributed by atoms with Crippen LogP contribution in [0.2, 0.25) is 0 Å². The summed E-state index contributed by atoms with van der Waals surface area (Å²) in [4.78, 5) is 12.8. The first-order valence-electron chi connectivity index (χ1n) is 7.27. The van der Waals surface area contributed by atoms with Gasteiger partial charge in [0.25, 0.3) is 0 Å². The van der Waals surface area contributed by atoms with Gasteiger partial charge >= 0.3 is 5.97 Å². The highest BCUT2D eigenvalue weighted by molar-refractivity contribution is 7.80. The average molecular weight is 326 g/mol. The lowest BCUT2D eigenvalue weighted by Gasteiger charge is -2.30. The Morgan fingerprint density at radius 1 is 1.43 bits per heavy atom. The Morgan fingerprint density at radius 2 is 2.14 bits per heavy atom. The third-order valence-electron chi connectivity index (χ3n) is 3.92. The molecule has 4 nitrogen and oxygen atoms in total. The average Bonchev–Trinajstić information content (AvgIpc) is 2.81. The topological polar surface area (TPSA) is 50.4 Å². The fraction of sp³-hybridized carbons (Fsp3) is 0.600. The number of thiocarbonyl (C=S) groups is 1. The van der Waals surface area contributed by atoms with Gasteiger partial charge in [0.2, 0.25) is 0 Å². The highest BCUT2D eigenvalue weighted by Gasteiger charge is 2.22. The molecule has 1 heterocycles. The number of hydrogen-bond acceptors (Lipinski definition) is 4. The first kappa shape index (κ1) is 16.2. The van der Waals surface area contributed by atoms with Crippen molar-refractivity contribution in [1.82, 2.24) is 5.32 Å². The monoisotopic (exact) mass is 326 g/mol. The molecular formula is C15H22N2O2S2. The van der Waals surface area contributed by atoms with Gasteiger partial charge in [-0.25, -0.2) is 4.79 Å². The van der Waals surface area contributed by atoms with Crippen LogP contribution in [0.3, 0.4) is 0 Å². The van der Waals surface area contributed by atoms with Gasteiger partial charge in [0.1, 0.15) is 5.00 Å². The molecular weight excluding hydrogens is 304 g/mol. The first-order chi connectivity index (χ1) is 10.0. The number of esters is 1. The van der Waals surface area contributed by atoms with Crippen molar-refractivity contribution in [2.75, 3.05) is 12.4 Å². The van der Waals surface area contributed by atoms with Crippen molar-refractivity contribution in [2.24, 2.45) is 5.92 Å². The second-order valence-electron chi connectivity index (χ2n) is 5.56. The van der Waals surface area contributed by atoms with Crippen molar-refractivity contribution in [2.45, 2.75) is 45.6 Å². The number of rotatable bonds is 3. The quantitative estimate of drug-likeness (QED) is 0.655. The van der Waals surface area contributed by atoms with E-state index < -0.39 is 0 Å². The molecule has 116 valence electrons. The Labute approximate surface area is 135 Å². The van der Waals surface area contributed by atoms with Gasteiger partial charge in [-0.1, -0.05) is 19.8 Å². The molecule has 2 atom stereocenters. The number of carbonyl (C=O) groups excluding carboxylic acids is 1. The van der Waals surface area contributed by atoms with Crippen molar-refractivity contribution < 1.29 is 9.53 Å². The predicted octanol–water partition coefficient (Wildman–Crippen LogP) is 3.71. The summed E-state index contributed by atoms with van der Waals surface area (Å²) >= 11 is 6.90. The number of thiophene rings is 1. The van der Waals surface area contributed by atoms with E-state index in [0.29, 0.717) is 22.6 Å². The molecule has 1 saturated carbocycles. The third kappa shape index (κ3) is 4.17. The predicted molar refractivity (Wildman–Crippen MR) is 91.2 cm³/mol. The van der Waals surface area contributed by atoms with E-state index in [1.165, 1.54) is 37.7 Å². The Kier molecular flexibility index (Phi) is 5.58. The van der Waals surface area contributed by atoms with Crippen LogP contribution < -0.4 is 10.6 Å². The van der Waals surface area contributed by atoms with Crippen LogP contribution in [0.5, 0.6) is 0 Å². The number of anilines is 1. The molecule has 0 aromatic carbocycles. The molecule has 0 spiro atoms. The molecule has 21 heavy (non-hydrogen) atoms. The van der Waals surface area contributed by atoms with Crippen LogP contribution in [-0.4, -0.2) is 24.2 Å². The smallest absolute Gasteiger partial charge is 0.340 e. The Morgan fingerprint density at radius 3 is 2.81 bits per heavy atom. The fourth-order valence-electron chi connectivity index (χ4n) is 2.71. The maximum absolute atomic E-state index is 11.8. The zero-order valence-corrected chi connectivity index (χ0v) is 14.3. The van der Waals surface area contributed by atoms with Gasteiger partial charge in [0.05, 0.1) is 12.7 Å². The summed E-state index contributed by atoms with van der Waals surface area (Å²) < 4.78 is 4.80. The maximum Gasteiger partial charge on any atom is 0.340 e. The molecule has 6 heteroatoms. The van der Waals surface area contributed by atoms with E-state index >= 15 is 0 Å². The van der Waals surface area contributed by atoms with Crippen molar-refractivity contribution in [3.63, 3.8) is 0 Å². The molecule has 0 bridgehead atoms. The van der Waals surface area contributed by atoms with Crippen LogP contribution in [0.1, 0.15) is 47.8 Å². The largest absolute Gasteiger partial charge is 0.465 e. The number of carbonyl (C=O) groups is 1. The molecule has 0 amide bonds. The van der Waals surface area contributed by atoms with Gasteiger partial charge in [-0.2, -0.15) is 0 Å². The number of methoxy groups -OCH3 is 1. The maximum atomic E-state index is 11.8. The van der Waals surface area contributed by atoms with Crippen LogP contribution >= 0.6 is 23.6 Å². The lowest BCUT2D eigenvalue weighted by molar-refractivity contribution is 0.0602. The van der Waals surface area contributed by atoms with Crippen molar-refractivity contribution in [1.29, 1.82) is 0 Å². The first-order valence-corrected chi connectivity index (χ1v) is 8.50. The van der Waals surface area contributed by atoms with E-state index in [4.69, 9.17) is 17.0 Å². The second-order valence-corrected chi connectivity index (χ2v) is 7.22. The molecule has 1 aliphatic carbocycles. The van der Waals surface area contributed by atoms with Gasteiger partial charge in [-0.05, 0) is 44.0 Å². The standard InChI is InChI=1S/C15H22N2O2S2/c1-9-6-4-5-7-12(9)16-15(20)17-13-11(14(18)19-3)8-10(2)21-13/h8-9,12H,4-7H2,1-3H3,(H2,16,17,20). The number of ether oxygens (including phenoxy) is 1. The van der Waals surface area contributed by atoms with Crippen LogP contribution in [0.25, 0.3) is 0 Å². The molecule has 2 N–H and O–H groups in total. The van der Waals surface area contributed by atoms with Crippen LogP contribution in [0, 0.1) is 12.8 Å². The molecule has 0 radical (unpaired) electrons.